The van der Waals surface area contributed by atoms with Crippen molar-refractivity contribution in [1.82, 2.24) is 0 Å². The zero-order valence-electron chi connectivity index (χ0n) is 10.3. The van der Waals surface area contributed by atoms with Gasteiger partial charge in [-0.2, -0.15) is 0 Å². The second-order valence-electron chi connectivity index (χ2n) is 4.48. The smallest absolute Gasteiger partial charge is 0.193 e. The van der Waals surface area contributed by atoms with Crippen molar-refractivity contribution in [2.24, 2.45) is 0 Å². The van der Waals surface area contributed by atoms with Crippen molar-refractivity contribution in [3.63, 3.8) is 0 Å². The van der Waals surface area contributed by atoms with Crippen LogP contribution < -0.4 is 5.43 Å². The Kier molecular flexibility index (Phi) is 2.88. The van der Waals surface area contributed by atoms with E-state index in [2.05, 4.69) is 0 Å². The first kappa shape index (κ1) is 12.0. The van der Waals surface area contributed by atoms with Gasteiger partial charge < -0.3 is 4.42 Å². The zero-order chi connectivity index (χ0) is 13.4. The summed E-state index contributed by atoms with van der Waals surface area (Å²) in [6, 6.07) is 14.3. The van der Waals surface area contributed by atoms with Crippen molar-refractivity contribution >= 4 is 22.6 Å². The van der Waals surface area contributed by atoms with Crippen molar-refractivity contribution in [1.29, 1.82) is 0 Å². The SMILES string of the molecule is Cc1ccc2oc(-c3cccc(Cl)c3)cc(=O)c2c1. The van der Waals surface area contributed by atoms with Crippen LogP contribution in [0, 0.1) is 6.92 Å². The van der Waals surface area contributed by atoms with Gasteiger partial charge in [0.2, 0.25) is 0 Å². The van der Waals surface area contributed by atoms with Gasteiger partial charge in [-0.25, -0.2) is 0 Å². The lowest BCUT2D eigenvalue weighted by molar-refractivity contribution is 0.619. The van der Waals surface area contributed by atoms with E-state index in [0.717, 1.165) is 11.1 Å². The molecule has 94 valence electrons. The Morgan fingerprint density at radius 2 is 1.89 bits per heavy atom. The maximum absolute atomic E-state index is 12.1. The van der Waals surface area contributed by atoms with Crippen LogP contribution in [0.25, 0.3) is 22.3 Å². The molecule has 2 nitrogen and oxygen atoms in total. The zero-order valence-corrected chi connectivity index (χ0v) is 11.1. The number of hydrogen-bond donors (Lipinski definition) is 0. The van der Waals surface area contributed by atoms with Gasteiger partial charge in [-0.05, 0) is 31.2 Å². The van der Waals surface area contributed by atoms with E-state index < -0.39 is 0 Å². The average molecular weight is 271 g/mol. The Hall–Kier alpha value is -2.06. The Balaban J connectivity index is 2.27. The minimum atomic E-state index is -0.0417. The minimum Gasteiger partial charge on any atom is -0.456 e. The molecule has 3 heteroatoms. The Labute approximate surface area is 115 Å². The molecule has 0 N–H and O–H groups in total. The van der Waals surface area contributed by atoms with Gasteiger partial charge in [0, 0.05) is 16.7 Å². The third-order valence-electron chi connectivity index (χ3n) is 2.99. The van der Waals surface area contributed by atoms with E-state index in [-0.39, 0.29) is 5.43 Å². The molecular formula is C16H11ClO2. The molecule has 3 rings (SSSR count). The van der Waals surface area contributed by atoms with Crippen LogP contribution in [0.3, 0.4) is 0 Å². The number of rotatable bonds is 1. The lowest BCUT2D eigenvalue weighted by Crippen LogP contribution is -2.00. The summed E-state index contributed by atoms with van der Waals surface area (Å²) < 4.78 is 5.78. The molecule has 0 spiro atoms. The maximum atomic E-state index is 12.1. The number of halogens is 1. The van der Waals surface area contributed by atoms with Crippen molar-refractivity contribution in [2.75, 3.05) is 0 Å². The quantitative estimate of drug-likeness (QED) is 0.655. The van der Waals surface area contributed by atoms with Crippen LogP contribution in [0.2, 0.25) is 5.02 Å². The summed E-state index contributed by atoms with van der Waals surface area (Å²) in [5.41, 5.74) is 2.38. The van der Waals surface area contributed by atoms with Crippen LogP contribution in [-0.2, 0) is 0 Å². The Morgan fingerprint density at radius 1 is 1.05 bits per heavy atom. The fraction of sp³-hybridized carbons (Fsp3) is 0.0625. The van der Waals surface area contributed by atoms with E-state index >= 15 is 0 Å². The molecular weight excluding hydrogens is 260 g/mol. The second kappa shape index (κ2) is 4.56. The van der Waals surface area contributed by atoms with Crippen LogP contribution in [0.4, 0.5) is 0 Å². The van der Waals surface area contributed by atoms with Crippen molar-refractivity contribution in [3.8, 4) is 11.3 Å². The molecule has 0 saturated heterocycles. The largest absolute Gasteiger partial charge is 0.456 e. The van der Waals surface area contributed by atoms with Gasteiger partial charge in [0.05, 0.1) is 5.39 Å². The predicted octanol–water partition coefficient (Wildman–Crippen LogP) is 4.42. The van der Waals surface area contributed by atoms with E-state index in [1.807, 2.05) is 37.3 Å². The van der Waals surface area contributed by atoms with Crippen LogP contribution >= 0.6 is 11.6 Å². The summed E-state index contributed by atoms with van der Waals surface area (Å²) >= 11 is 5.95. The highest BCUT2D eigenvalue weighted by atomic mass is 35.5. The summed E-state index contributed by atoms with van der Waals surface area (Å²) in [6.45, 7) is 1.95. The van der Waals surface area contributed by atoms with Crippen LogP contribution in [-0.4, -0.2) is 0 Å². The Morgan fingerprint density at radius 3 is 2.68 bits per heavy atom. The molecule has 0 radical (unpaired) electrons. The minimum absolute atomic E-state index is 0.0417. The lowest BCUT2D eigenvalue weighted by atomic mass is 10.1. The van der Waals surface area contributed by atoms with Gasteiger partial charge in [-0.3, -0.25) is 4.79 Å². The molecule has 0 bridgehead atoms. The predicted molar refractivity (Wildman–Crippen MR) is 77.7 cm³/mol. The monoisotopic (exact) mass is 270 g/mol. The highest BCUT2D eigenvalue weighted by molar-refractivity contribution is 6.30. The molecule has 2 aromatic carbocycles. The fourth-order valence-corrected chi connectivity index (χ4v) is 2.24. The summed E-state index contributed by atoms with van der Waals surface area (Å²) in [4.78, 5) is 12.1. The summed E-state index contributed by atoms with van der Waals surface area (Å²) in [5, 5.41) is 1.22. The maximum Gasteiger partial charge on any atom is 0.193 e. The molecule has 0 aliphatic carbocycles. The first-order chi connectivity index (χ1) is 9.13. The van der Waals surface area contributed by atoms with Crippen LogP contribution in [0.5, 0.6) is 0 Å². The number of benzene rings is 2. The number of hydrogen-bond acceptors (Lipinski definition) is 2. The normalized spacial score (nSPS) is 10.8. The highest BCUT2D eigenvalue weighted by Crippen LogP contribution is 2.24. The summed E-state index contributed by atoms with van der Waals surface area (Å²) in [5.74, 6) is 0.531. The topological polar surface area (TPSA) is 30.2 Å². The van der Waals surface area contributed by atoms with Gasteiger partial charge in [0.25, 0.3) is 0 Å². The standard InChI is InChI=1S/C16H11ClO2/c1-10-5-6-15-13(7-10)14(18)9-16(19-15)11-3-2-4-12(17)8-11/h2-9H,1H3. The van der Waals surface area contributed by atoms with E-state index in [9.17, 15) is 4.79 Å². The van der Waals surface area contributed by atoms with Crippen LogP contribution in [0.1, 0.15) is 5.56 Å². The molecule has 0 aliphatic heterocycles. The molecule has 0 fully saturated rings. The summed E-state index contributed by atoms with van der Waals surface area (Å²) in [6.07, 6.45) is 0. The third kappa shape index (κ3) is 2.27. The van der Waals surface area contributed by atoms with E-state index in [1.54, 1.807) is 12.1 Å². The molecule has 1 heterocycles. The number of fused-ring (bicyclic) bond motifs is 1. The van der Waals surface area contributed by atoms with Crippen molar-refractivity contribution in [2.45, 2.75) is 6.92 Å². The van der Waals surface area contributed by atoms with Gasteiger partial charge in [-0.15, -0.1) is 0 Å². The molecule has 0 aliphatic rings. The third-order valence-corrected chi connectivity index (χ3v) is 3.23. The van der Waals surface area contributed by atoms with Crippen molar-refractivity contribution in [3.05, 3.63) is 69.3 Å². The summed E-state index contributed by atoms with van der Waals surface area (Å²) in [7, 11) is 0. The molecule has 0 atom stereocenters. The van der Waals surface area contributed by atoms with Gasteiger partial charge >= 0.3 is 0 Å². The fourth-order valence-electron chi connectivity index (χ4n) is 2.05. The van der Waals surface area contributed by atoms with Gasteiger partial charge in [-0.1, -0.05) is 35.4 Å². The number of aryl methyl sites for hydroxylation is 1. The van der Waals surface area contributed by atoms with Crippen LogP contribution in [0.15, 0.2) is 57.7 Å². The molecule has 0 unspecified atom stereocenters. The highest BCUT2D eigenvalue weighted by Gasteiger charge is 2.07. The molecule has 0 saturated carbocycles. The average Bonchev–Trinajstić information content (AvgIpc) is 2.39. The molecule has 0 amide bonds. The van der Waals surface area contributed by atoms with Gasteiger partial charge in [0.15, 0.2) is 5.43 Å². The molecule has 19 heavy (non-hydrogen) atoms. The Bertz CT molecular complexity index is 818. The second-order valence-corrected chi connectivity index (χ2v) is 4.92. The van der Waals surface area contributed by atoms with Gasteiger partial charge in [0.1, 0.15) is 11.3 Å². The first-order valence-electron chi connectivity index (χ1n) is 5.94. The lowest BCUT2D eigenvalue weighted by Gasteiger charge is -2.04. The van der Waals surface area contributed by atoms with E-state index in [1.165, 1.54) is 6.07 Å². The molecule has 1 aromatic heterocycles. The first-order valence-corrected chi connectivity index (χ1v) is 6.32. The van der Waals surface area contributed by atoms with E-state index in [0.29, 0.717) is 21.8 Å². The molecule has 3 aromatic rings. The van der Waals surface area contributed by atoms with E-state index in [4.69, 9.17) is 16.0 Å². The van der Waals surface area contributed by atoms with Crippen molar-refractivity contribution < 1.29 is 4.42 Å².